The largest absolute Gasteiger partial charge is 0.489 e. The number of nitrogens with one attached hydrogen (secondary N) is 1. The number of para-hydroxylation sites is 1. The first-order chi connectivity index (χ1) is 11.7. The first kappa shape index (κ1) is 16.6. The number of hydrogen-bond acceptors (Lipinski definition) is 3. The lowest BCUT2D eigenvalue weighted by Gasteiger charge is -2.18. The summed E-state index contributed by atoms with van der Waals surface area (Å²) in [6, 6.07) is 16.7. The summed E-state index contributed by atoms with van der Waals surface area (Å²) in [4.78, 5) is 1.13. The van der Waals surface area contributed by atoms with Gasteiger partial charge in [0, 0.05) is 11.4 Å². The highest BCUT2D eigenvalue weighted by atomic mass is 32.1. The van der Waals surface area contributed by atoms with E-state index in [-0.39, 0.29) is 23.4 Å². The van der Waals surface area contributed by atoms with Gasteiger partial charge in [-0.1, -0.05) is 30.3 Å². The summed E-state index contributed by atoms with van der Waals surface area (Å²) < 4.78 is 32.1. The van der Waals surface area contributed by atoms with Gasteiger partial charge in [0.1, 0.15) is 12.4 Å². The number of benzene rings is 2. The number of hydrogen-bond donors (Lipinski definition) is 1. The first-order valence-corrected chi connectivity index (χ1v) is 8.51. The zero-order valence-corrected chi connectivity index (χ0v) is 13.7. The van der Waals surface area contributed by atoms with Gasteiger partial charge >= 0.3 is 0 Å². The second-order valence-electron chi connectivity index (χ2n) is 5.23. The zero-order chi connectivity index (χ0) is 16.8. The molecule has 3 rings (SSSR count). The van der Waals surface area contributed by atoms with Crippen molar-refractivity contribution in [2.75, 3.05) is 13.2 Å². The van der Waals surface area contributed by atoms with Crippen molar-refractivity contribution in [2.24, 2.45) is 0 Å². The minimum absolute atomic E-state index is 0.0465. The fraction of sp³-hybridized carbons (Fsp3) is 0.158. The summed E-state index contributed by atoms with van der Waals surface area (Å²) in [5.74, 6) is -0.383. The second-order valence-corrected chi connectivity index (χ2v) is 6.21. The van der Waals surface area contributed by atoms with Crippen LogP contribution >= 0.6 is 11.3 Å². The molecule has 124 valence electrons. The molecule has 1 heterocycles. The Labute approximate surface area is 143 Å². The van der Waals surface area contributed by atoms with E-state index in [0.29, 0.717) is 13.2 Å². The van der Waals surface area contributed by atoms with E-state index >= 15 is 0 Å². The third kappa shape index (κ3) is 4.19. The summed E-state index contributed by atoms with van der Waals surface area (Å²) in [6.07, 6.45) is 0. The van der Waals surface area contributed by atoms with E-state index in [4.69, 9.17) is 4.74 Å². The van der Waals surface area contributed by atoms with Gasteiger partial charge in [-0.2, -0.15) is 0 Å². The molecule has 0 saturated heterocycles. The summed E-state index contributed by atoms with van der Waals surface area (Å²) in [5, 5.41) is 5.39. The molecule has 0 aliphatic carbocycles. The minimum atomic E-state index is -0.370. The average molecular weight is 345 g/mol. The van der Waals surface area contributed by atoms with Crippen LogP contribution in [-0.4, -0.2) is 13.2 Å². The molecule has 5 heteroatoms. The maximum Gasteiger partial charge on any atom is 0.165 e. The van der Waals surface area contributed by atoms with Crippen LogP contribution < -0.4 is 10.1 Å². The Bertz CT molecular complexity index is 759. The molecule has 2 aromatic carbocycles. The van der Waals surface area contributed by atoms with E-state index < -0.39 is 0 Å². The van der Waals surface area contributed by atoms with E-state index in [0.717, 1.165) is 10.4 Å². The highest BCUT2D eigenvalue weighted by Crippen LogP contribution is 2.26. The van der Waals surface area contributed by atoms with Crippen LogP contribution in [0.2, 0.25) is 0 Å². The number of halogens is 2. The predicted octanol–water partition coefficient (Wildman–Crippen LogP) is 4.78. The van der Waals surface area contributed by atoms with Gasteiger partial charge < -0.3 is 10.1 Å². The fourth-order valence-electron chi connectivity index (χ4n) is 2.42. The molecular weight excluding hydrogens is 328 g/mol. The molecule has 1 atom stereocenters. The molecule has 1 aromatic heterocycles. The van der Waals surface area contributed by atoms with Crippen molar-refractivity contribution in [1.82, 2.24) is 5.32 Å². The van der Waals surface area contributed by atoms with Gasteiger partial charge in [-0.05, 0) is 41.3 Å². The van der Waals surface area contributed by atoms with Crippen LogP contribution in [0.15, 0.2) is 66.0 Å². The van der Waals surface area contributed by atoms with Crippen molar-refractivity contribution in [1.29, 1.82) is 0 Å². The number of ether oxygens (including phenoxy) is 1. The van der Waals surface area contributed by atoms with Crippen molar-refractivity contribution in [3.05, 3.63) is 88.1 Å². The van der Waals surface area contributed by atoms with E-state index in [9.17, 15) is 8.78 Å². The Morgan fingerprint density at radius 2 is 1.75 bits per heavy atom. The van der Waals surface area contributed by atoms with Gasteiger partial charge in [0.05, 0.1) is 6.04 Å². The topological polar surface area (TPSA) is 21.3 Å². The van der Waals surface area contributed by atoms with Gasteiger partial charge in [0.25, 0.3) is 0 Å². The highest BCUT2D eigenvalue weighted by Gasteiger charge is 2.14. The molecule has 0 radical (unpaired) electrons. The Kier molecular flexibility index (Phi) is 5.56. The predicted molar refractivity (Wildman–Crippen MR) is 92.5 cm³/mol. The molecule has 0 saturated carbocycles. The first-order valence-electron chi connectivity index (χ1n) is 7.63. The van der Waals surface area contributed by atoms with Gasteiger partial charge in [-0.15, -0.1) is 11.3 Å². The van der Waals surface area contributed by atoms with Crippen molar-refractivity contribution in [3.63, 3.8) is 0 Å². The molecule has 1 N–H and O–H groups in total. The van der Waals surface area contributed by atoms with Crippen molar-refractivity contribution in [3.8, 4) is 5.75 Å². The average Bonchev–Trinajstić information content (AvgIpc) is 3.12. The zero-order valence-electron chi connectivity index (χ0n) is 12.9. The smallest absolute Gasteiger partial charge is 0.165 e. The normalized spacial score (nSPS) is 12.1. The molecule has 24 heavy (non-hydrogen) atoms. The van der Waals surface area contributed by atoms with Crippen LogP contribution in [0.3, 0.4) is 0 Å². The molecule has 0 fully saturated rings. The van der Waals surface area contributed by atoms with Gasteiger partial charge in [0.2, 0.25) is 0 Å². The Balaban J connectivity index is 1.63. The monoisotopic (exact) mass is 345 g/mol. The maximum atomic E-state index is 13.5. The van der Waals surface area contributed by atoms with E-state index in [1.165, 1.54) is 18.2 Å². The fourth-order valence-corrected chi connectivity index (χ4v) is 3.25. The Morgan fingerprint density at radius 3 is 2.46 bits per heavy atom. The standard InChI is InChI=1S/C19H17F2NOS/c20-15-9-7-14(8-10-15)19(18-6-3-13-24-18)22-11-12-23-17-5-2-1-4-16(17)21/h1-10,13,19,22H,11-12H2. The molecule has 0 aliphatic rings. The lowest BCUT2D eigenvalue weighted by Crippen LogP contribution is -2.26. The lowest BCUT2D eigenvalue weighted by molar-refractivity contribution is 0.295. The van der Waals surface area contributed by atoms with Crippen molar-refractivity contribution < 1.29 is 13.5 Å². The summed E-state index contributed by atoms with van der Waals surface area (Å²) in [7, 11) is 0. The maximum absolute atomic E-state index is 13.5. The molecule has 2 nitrogen and oxygen atoms in total. The molecule has 1 unspecified atom stereocenters. The quantitative estimate of drug-likeness (QED) is 0.622. The summed E-state index contributed by atoms with van der Waals surface area (Å²) >= 11 is 1.63. The molecule has 0 spiro atoms. The molecule has 0 aliphatic heterocycles. The summed E-state index contributed by atoms with van der Waals surface area (Å²) in [5.41, 5.74) is 0.977. The summed E-state index contributed by atoms with van der Waals surface area (Å²) in [6.45, 7) is 0.873. The van der Waals surface area contributed by atoms with Gasteiger partial charge in [0.15, 0.2) is 11.6 Å². The highest BCUT2D eigenvalue weighted by molar-refractivity contribution is 7.10. The second kappa shape index (κ2) is 8.04. The SMILES string of the molecule is Fc1ccc(C(NCCOc2ccccc2F)c2cccs2)cc1. The van der Waals surface area contributed by atoms with E-state index in [2.05, 4.69) is 5.32 Å². The lowest BCUT2D eigenvalue weighted by atomic mass is 10.1. The van der Waals surface area contributed by atoms with E-state index in [1.807, 2.05) is 17.5 Å². The number of rotatable bonds is 7. The number of thiophene rings is 1. The Morgan fingerprint density at radius 1 is 0.958 bits per heavy atom. The molecule has 0 amide bonds. The molecular formula is C19H17F2NOS. The van der Waals surface area contributed by atoms with Crippen LogP contribution in [0, 0.1) is 11.6 Å². The Hall–Kier alpha value is -2.24. The molecule has 3 aromatic rings. The van der Waals surface area contributed by atoms with Crippen LogP contribution in [0.4, 0.5) is 8.78 Å². The third-order valence-electron chi connectivity index (χ3n) is 3.58. The van der Waals surface area contributed by atoms with Gasteiger partial charge in [-0.3, -0.25) is 0 Å². The van der Waals surface area contributed by atoms with Gasteiger partial charge in [-0.25, -0.2) is 8.78 Å². The van der Waals surface area contributed by atoms with Crippen LogP contribution in [0.25, 0.3) is 0 Å². The van der Waals surface area contributed by atoms with Crippen LogP contribution in [-0.2, 0) is 0 Å². The van der Waals surface area contributed by atoms with Crippen molar-refractivity contribution >= 4 is 11.3 Å². The van der Waals surface area contributed by atoms with Crippen LogP contribution in [0.5, 0.6) is 5.75 Å². The third-order valence-corrected chi connectivity index (χ3v) is 4.51. The van der Waals surface area contributed by atoms with E-state index in [1.54, 1.807) is 41.7 Å². The molecule has 0 bridgehead atoms. The minimum Gasteiger partial charge on any atom is -0.489 e. The van der Waals surface area contributed by atoms with Crippen molar-refractivity contribution in [2.45, 2.75) is 6.04 Å². The van der Waals surface area contributed by atoms with Crippen LogP contribution in [0.1, 0.15) is 16.5 Å².